The van der Waals surface area contributed by atoms with Crippen LogP contribution in [0.15, 0.2) is 48.6 Å². The number of hydrogen-bond acceptors (Lipinski definition) is 4. The van der Waals surface area contributed by atoms with Gasteiger partial charge >= 0.3 is 0 Å². The van der Waals surface area contributed by atoms with E-state index in [1.54, 1.807) is 37.3 Å². The van der Waals surface area contributed by atoms with Gasteiger partial charge in [-0.15, -0.1) is 0 Å². The Balaban J connectivity index is 1.42. The predicted octanol–water partition coefficient (Wildman–Crippen LogP) is 5.45. The summed E-state index contributed by atoms with van der Waals surface area (Å²) in [6.07, 6.45) is 9.29. The van der Waals surface area contributed by atoms with Gasteiger partial charge in [-0.05, 0) is 56.5 Å². The maximum absolute atomic E-state index is 14.5. The van der Waals surface area contributed by atoms with E-state index in [0.29, 0.717) is 16.3 Å². The molecule has 2 N–H and O–H groups in total. The van der Waals surface area contributed by atoms with E-state index in [4.69, 9.17) is 16.3 Å². The lowest BCUT2D eigenvalue weighted by Gasteiger charge is -2.34. The van der Waals surface area contributed by atoms with Crippen LogP contribution in [0.5, 0.6) is 0 Å². The minimum absolute atomic E-state index is 0.0424. The molecule has 6 rings (SSSR count). The van der Waals surface area contributed by atoms with E-state index in [9.17, 15) is 23.2 Å². The number of carbonyl (C=O) groups is 3. The molecule has 10 heteroatoms. The Kier molecular flexibility index (Phi) is 6.93. The van der Waals surface area contributed by atoms with Crippen LogP contribution in [0.25, 0.3) is 0 Å². The normalized spacial score (nSPS) is 30.8. The molecule has 2 bridgehead atoms. The van der Waals surface area contributed by atoms with Gasteiger partial charge in [-0.2, -0.15) is 0 Å². The van der Waals surface area contributed by atoms with Gasteiger partial charge < -0.3 is 15.4 Å². The minimum Gasteiger partial charge on any atom is -0.356 e. The molecular weight excluding hydrogens is 552 g/mol. The zero-order chi connectivity index (χ0) is 29.1. The van der Waals surface area contributed by atoms with Gasteiger partial charge in [0, 0.05) is 16.8 Å². The third kappa shape index (κ3) is 4.45. The van der Waals surface area contributed by atoms with Crippen LogP contribution in [0.2, 0.25) is 5.02 Å². The highest BCUT2D eigenvalue weighted by Crippen LogP contribution is 2.60. The molecule has 216 valence electrons. The molecule has 3 aliphatic heterocycles. The lowest BCUT2D eigenvalue weighted by molar-refractivity contribution is -0.131. The van der Waals surface area contributed by atoms with E-state index in [1.807, 2.05) is 6.92 Å². The summed E-state index contributed by atoms with van der Waals surface area (Å²) in [4.78, 5) is 43.7. The van der Waals surface area contributed by atoms with Gasteiger partial charge in [0.2, 0.25) is 17.7 Å². The highest BCUT2D eigenvalue weighted by atomic mass is 35.5. The van der Waals surface area contributed by atoms with Gasteiger partial charge in [0.05, 0.1) is 17.4 Å². The summed E-state index contributed by atoms with van der Waals surface area (Å²) in [6, 6.07) is 7.19. The van der Waals surface area contributed by atoms with Crippen molar-refractivity contribution < 1.29 is 27.9 Å². The summed E-state index contributed by atoms with van der Waals surface area (Å²) in [5.74, 6) is -5.78. The third-order valence-electron chi connectivity index (χ3n) is 9.07. The monoisotopic (exact) mass is 583 g/mol. The fourth-order valence-electron chi connectivity index (χ4n) is 7.16. The van der Waals surface area contributed by atoms with Crippen molar-refractivity contribution in [2.75, 3.05) is 10.2 Å². The first kappa shape index (κ1) is 27.8. The number of aryl methyl sites for hydroxylation is 1. The van der Waals surface area contributed by atoms with Gasteiger partial charge in [-0.3, -0.25) is 19.3 Å². The lowest BCUT2D eigenvalue weighted by Crippen LogP contribution is -2.56. The number of anilines is 2. The first-order valence-corrected chi connectivity index (χ1v) is 14.5. The van der Waals surface area contributed by atoms with Crippen molar-refractivity contribution in [1.82, 2.24) is 5.32 Å². The summed E-state index contributed by atoms with van der Waals surface area (Å²) < 4.78 is 35.5. The van der Waals surface area contributed by atoms with Crippen LogP contribution in [0, 0.1) is 30.4 Å². The quantitative estimate of drug-likeness (QED) is 0.362. The van der Waals surface area contributed by atoms with Crippen molar-refractivity contribution in [2.45, 2.75) is 75.7 Å². The molecule has 1 saturated carbocycles. The van der Waals surface area contributed by atoms with Crippen molar-refractivity contribution in [3.8, 4) is 0 Å². The molecule has 41 heavy (non-hydrogen) atoms. The summed E-state index contributed by atoms with van der Waals surface area (Å²) in [6.45, 7) is 3.46. The minimum atomic E-state index is -1.47. The van der Waals surface area contributed by atoms with Crippen LogP contribution in [0.4, 0.5) is 20.2 Å². The molecule has 2 aromatic carbocycles. The summed E-state index contributed by atoms with van der Waals surface area (Å²) >= 11 is 6.34. The van der Waals surface area contributed by atoms with E-state index >= 15 is 0 Å². The Morgan fingerprint density at radius 3 is 2.39 bits per heavy atom. The zero-order valence-corrected chi connectivity index (χ0v) is 23.6. The number of rotatable bonds is 5. The molecule has 1 spiro atoms. The maximum Gasteiger partial charge on any atom is 0.246 e. The molecule has 2 aromatic rings. The van der Waals surface area contributed by atoms with Crippen molar-refractivity contribution in [3.63, 3.8) is 0 Å². The van der Waals surface area contributed by atoms with Crippen molar-refractivity contribution in [2.24, 2.45) is 11.8 Å². The number of fused-ring (bicyclic) bond motifs is 1. The van der Waals surface area contributed by atoms with E-state index < -0.39 is 58.2 Å². The largest absolute Gasteiger partial charge is 0.356 e. The molecule has 2 saturated heterocycles. The SMILES string of the molecule is Cc1ccc(Cl)cc1N1C(=O)[C@@H]2[C@H](C(=O)Nc3c(F)cccc3F)[C@@]3(C)C=C[C@@]2(O3)[C@H]1C(=O)NC1CCCCCC1. The Hall–Kier alpha value is -3.30. The zero-order valence-electron chi connectivity index (χ0n) is 22.9. The highest BCUT2D eigenvalue weighted by Gasteiger charge is 2.76. The fourth-order valence-corrected chi connectivity index (χ4v) is 7.32. The van der Waals surface area contributed by atoms with Crippen LogP contribution in [0.1, 0.15) is 51.0 Å². The number of amides is 3. The van der Waals surface area contributed by atoms with Crippen LogP contribution >= 0.6 is 11.6 Å². The average Bonchev–Trinajstić information content (AvgIpc) is 3.38. The number of halogens is 3. The number of benzene rings is 2. The van der Waals surface area contributed by atoms with Gasteiger partial charge in [0.25, 0.3) is 0 Å². The Morgan fingerprint density at radius 1 is 1.02 bits per heavy atom. The van der Waals surface area contributed by atoms with Crippen LogP contribution < -0.4 is 15.5 Å². The van der Waals surface area contributed by atoms with Crippen molar-refractivity contribution in [3.05, 3.63) is 70.8 Å². The molecule has 5 atom stereocenters. The molecule has 4 aliphatic rings. The molecule has 3 amide bonds. The number of carbonyl (C=O) groups excluding carboxylic acids is 3. The summed E-state index contributed by atoms with van der Waals surface area (Å²) in [5.41, 5.74) is -2.19. The maximum atomic E-state index is 14.5. The molecule has 0 radical (unpaired) electrons. The summed E-state index contributed by atoms with van der Waals surface area (Å²) in [5, 5.41) is 5.92. The van der Waals surface area contributed by atoms with E-state index in [2.05, 4.69) is 10.6 Å². The Bertz CT molecular complexity index is 1440. The van der Waals surface area contributed by atoms with Crippen LogP contribution in [0.3, 0.4) is 0 Å². The number of nitrogens with zero attached hydrogens (tertiary/aromatic N) is 1. The first-order valence-electron chi connectivity index (χ1n) is 14.1. The van der Waals surface area contributed by atoms with E-state index in [1.165, 1.54) is 11.0 Å². The van der Waals surface area contributed by atoms with Gasteiger partial charge in [0.15, 0.2) is 0 Å². The van der Waals surface area contributed by atoms with Crippen molar-refractivity contribution in [1.29, 1.82) is 0 Å². The second kappa shape index (κ2) is 10.2. The van der Waals surface area contributed by atoms with Gasteiger partial charge in [-0.1, -0.05) is 61.6 Å². The second-order valence-corrected chi connectivity index (χ2v) is 12.2. The highest BCUT2D eigenvalue weighted by molar-refractivity contribution is 6.31. The molecule has 3 fully saturated rings. The summed E-state index contributed by atoms with van der Waals surface area (Å²) in [7, 11) is 0. The number of nitrogens with one attached hydrogen (secondary N) is 2. The Labute approximate surface area is 242 Å². The predicted molar refractivity (Wildman–Crippen MR) is 150 cm³/mol. The Morgan fingerprint density at radius 2 is 1.71 bits per heavy atom. The molecule has 7 nitrogen and oxygen atoms in total. The van der Waals surface area contributed by atoms with Gasteiger partial charge in [-0.25, -0.2) is 8.78 Å². The molecule has 0 unspecified atom stereocenters. The topological polar surface area (TPSA) is 87.7 Å². The standard InChI is InChI=1S/C31H32ClF2N3O4/c1-17-12-13-18(32)16-22(17)37-26(28(39)35-19-8-5-3-4-6-9-19)31-15-14-30(2,41-31)23(24(31)29(37)40)27(38)36-25-20(33)10-7-11-21(25)34/h7,10-16,19,23-24,26H,3-6,8-9H2,1-2H3,(H,35,39)(H,36,38)/t23-,24+,26-,30-,31+/m1/s1. The number of ether oxygens (including phenoxy) is 1. The number of hydrogen-bond donors (Lipinski definition) is 2. The fraction of sp³-hybridized carbons (Fsp3) is 0.452. The molecule has 1 aliphatic carbocycles. The smallest absolute Gasteiger partial charge is 0.246 e. The molecule has 0 aromatic heterocycles. The second-order valence-electron chi connectivity index (χ2n) is 11.8. The van der Waals surface area contributed by atoms with Crippen LogP contribution in [-0.2, 0) is 19.1 Å². The average molecular weight is 584 g/mol. The third-order valence-corrected chi connectivity index (χ3v) is 9.31. The van der Waals surface area contributed by atoms with Gasteiger partial charge in [0.1, 0.15) is 29.0 Å². The number of para-hydroxylation sites is 1. The molecule has 3 heterocycles. The van der Waals surface area contributed by atoms with E-state index in [-0.39, 0.29) is 11.9 Å². The van der Waals surface area contributed by atoms with Crippen molar-refractivity contribution >= 4 is 40.7 Å². The van der Waals surface area contributed by atoms with E-state index in [0.717, 1.165) is 50.7 Å². The molecular formula is C31H32ClF2N3O4. The van der Waals surface area contributed by atoms with Crippen LogP contribution in [-0.4, -0.2) is 41.0 Å². The lowest BCUT2D eigenvalue weighted by atomic mass is 9.70. The first-order chi connectivity index (χ1) is 19.6.